The molecule has 2 aliphatic carbocycles. The molecular weight excluding hydrogens is 172 g/mol. The van der Waals surface area contributed by atoms with E-state index in [2.05, 4.69) is 24.3 Å². The zero-order valence-corrected chi connectivity index (χ0v) is 9.63. The molecule has 0 aromatic rings. The van der Waals surface area contributed by atoms with Gasteiger partial charge in [-0.15, -0.1) is 0 Å². The average Bonchev–Trinajstić information content (AvgIpc) is 2.12. The van der Waals surface area contributed by atoms with Gasteiger partial charge in [0.05, 0.1) is 0 Å². The smallest absolute Gasteiger partial charge is 0.00903 e. The molecule has 0 amide bonds. The second-order valence-electron chi connectivity index (χ2n) is 5.26. The molecule has 0 bridgehead atoms. The van der Waals surface area contributed by atoms with E-state index in [4.69, 9.17) is 0 Å². The summed E-state index contributed by atoms with van der Waals surface area (Å²) < 4.78 is 0. The largest absolute Gasteiger partial charge is 0.311 e. The first kappa shape index (κ1) is 10.4. The van der Waals surface area contributed by atoms with Crippen molar-refractivity contribution in [1.82, 2.24) is 10.2 Å². The fourth-order valence-corrected chi connectivity index (χ4v) is 2.67. The summed E-state index contributed by atoms with van der Waals surface area (Å²) in [5, 5.41) is 3.80. The van der Waals surface area contributed by atoms with E-state index in [0.29, 0.717) is 0 Å². The molecule has 0 aromatic heterocycles. The zero-order chi connectivity index (χ0) is 9.97. The van der Waals surface area contributed by atoms with Gasteiger partial charge in [-0.2, -0.15) is 0 Å². The van der Waals surface area contributed by atoms with Gasteiger partial charge in [0, 0.05) is 18.1 Å². The third-order valence-electron chi connectivity index (χ3n) is 4.00. The Morgan fingerprint density at radius 3 is 1.86 bits per heavy atom. The Labute approximate surface area is 88.1 Å². The maximum atomic E-state index is 3.80. The predicted molar refractivity (Wildman–Crippen MR) is 60.5 cm³/mol. The molecule has 2 heteroatoms. The third kappa shape index (κ3) is 2.48. The fourth-order valence-electron chi connectivity index (χ4n) is 2.67. The van der Waals surface area contributed by atoms with Crippen LogP contribution in [0.2, 0.25) is 0 Å². The first-order chi connectivity index (χ1) is 6.75. The highest BCUT2D eigenvalue weighted by Gasteiger charge is 2.26. The van der Waals surface area contributed by atoms with Gasteiger partial charge in [0.25, 0.3) is 0 Å². The number of hydrogen-bond acceptors (Lipinski definition) is 2. The Hall–Kier alpha value is -0.0800. The molecule has 0 saturated heterocycles. The van der Waals surface area contributed by atoms with Crippen molar-refractivity contribution in [3.63, 3.8) is 0 Å². The van der Waals surface area contributed by atoms with Crippen LogP contribution in [0.3, 0.4) is 0 Å². The molecule has 0 aromatic carbocycles. The van der Waals surface area contributed by atoms with Gasteiger partial charge in [0.2, 0.25) is 0 Å². The molecule has 2 aliphatic rings. The minimum atomic E-state index is 0.830. The van der Waals surface area contributed by atoms with Crippen molar-refractivity contribution in [1.29, 1.82) is 0 Å². The van der Waals surface area contributed by atoms with Crippen LogP contribution in [0.5, 0.6) is 0 Å². The van der Waals surface area contributed by atoms with E-state index in [0.717, 1.165) is 18.1 Å². The molecule has 0 radical (unpaired) electrons. The SMILES string of the molecule is CN(C)C1CCC(NC2CCC2)CC1. The summed E-state index contributed by atoms with van der Waals surface area (Å²) in [5.41, 5.74) is 0. The monoisotopic (exact) mass is 196 g/mol. The van der Waals surface area contributed by atoms with Crippen LogP contribution in [-0.4, -0.2) is 37.1 Å². The molecule has 0 spiro atoms. The second kappa shape index (κ2) is 4.63. The molecular formula is C12H24N2. The second-order valence-corrected chi connectivity index (χ2v) is 5.26. The van der Waals surface area contributed by atoms with Crippen molar-refractivity contribution in [3.8, 4) is 0 Å². The maximum absolute atomic E-state index is 3.80. The highest BCUT2D eigenvalue weighted by atomic mass is 15.1. The van der Waals surface area contributed by atoms with Crippen molar-refractivity contribution in [2.75, 3.05) is 14.1 Å². The molecule has 1 N–H and O–H groups in total. The molecule has 82 valence electrons. The lowest BCUT2D eigenvalue weighted by Crippen LogP contribution is -2.46. The lowest BCUT2D eigenvalue weighted by atomic mass is 9.87. The number of nitrogens with zero attached hydrogens (tertiary/aromatic N) is 1. The minimum absolute atomic E-state index is 0.830. The van der Waals surface area contributed by atoms with Gasteiger partial charge in [-0.25, -0.2) is 0 Å². The number of rotatable bonds is 3. The van der Waals surface area contributed by atoms with Gasteiger partial charge < -0.3 is 10.2 Å². The standard InChI is InChI=1S/C12H24N2/c1-14(2)12-8-6-11(7-9-12)13-10-4-3-5-10/h10-13H,3-9H2,1-2H3. The average molecular weight is 196 g/mol. The molecule has 0 unspecified atom stereocenters. The molecule has 0 aliphatic heterocycles. The van der Waals surface area contributed by atoms with Crippen molar-refractivity contribution < 1.29 is 0 Å². The van der Waals surface area contributed by atoms with Crippen molar-refractivity contribution in [2.24, 2.45) is 0 Å². The van der Waals surface area contributed by atoms with Crippen LogP contribution in [0, 0.1) is 0 Å². The summed E-state index contributed by atoms with van der Waals surface area (Å²) in [4.78, 5) is 2.39. The Balaban J connectivity index is 1.67. The van der Waals surface area contributed by atoms with Crippen LogP contribution in [0.15, 0.2) is 0 Å². The summed E-state index contributed by atoms with van der Waals surface area (Å²) in [6.45, 7) is 0. The highest BCUT2D eigenvalue weighted by molar-refractivity contribution is 4.85. The highest BCUT2D eigenvalue weighted by Crippen LogP contribution is 2.25. The minimum Gasteiger partial charge on any atom is -0.311 e. The van der Waals surface area contributed by atoms with E-state index in [1.807, 2.05) is 0 Å². The van der Waals surface area contributed by atoms with E-state index >= 15 is 0 Å². The molecule has 2 nitrogen and oxygen atoms in total. The number of hydrogen-bond donors (Lipinski definition) is 1. The van der Waals surface area contributed by atoms with Crippen LogP contribution in [0.1, 0.15) is 44.9 Å². The van der Waals surface area contributed by atoms with E-state index in [9.17, 15) is 0 Å². The fraction of sp³-hybridized carbons (Fsp3) is 1.00. The molecule has 2 fully saturated rings. The van der Waals surface area contributed by atoms with Crippen LogP contribution in [0.25, 0.3) is 0 Å². The Morgan fingerprint density at radius 1 is 0.857 bits per heavy atom. The zero-order valence-electron chi connectivity index (χ0n) is 9.63. The summed E-state index contributed by atoms with van der Waals surface area (Å²) in [6.07, 6.45) is 9.85. The van der Waals surface area contributed by atoms with E-state index < -0.39 is 0 Å². The lowest BCUT2D eigenvalue weighted by molar-refractivity contribution is 0.186. The molecule has 2 saturated carbocycles. The van der Waals surface area contributed by atoms with E-state index in [-0.39, 0.29) is 0 Å². The van der Waals surface area contributed by atoms with Gasteiger partial charge in [0.1, 0.15) is 0 Å². The van der Waals surface area contributed by atoms with Gasteiger partial charge in [0.15, 0.2) is 0 Å². The van der Waals surface area contributed by atoms with Crippen molar-refractivity contribution in [3.05, 3.63) is 0 Å². The maximum Gasteiger partial charge on any atom is 0.00903 e. The van der Waals surface area contributed by atoms with Crippen LogP contribution >= 0.6 is 0 Å². The van der Waals surface area contributed by atoms with Gasteiger partial charge in [-0.1, -0.05) is 6.42 Å². The van der Waals surface area contributed by atoms with Gasteiger partial charge in [-0.3, -0.25) is 0 Å². The molecule has 0 heterocycles. The van der Waals surface area contributed by atoms with E-state index in [1.165, 1.54) is 44.9 Å². The molecule has 2 rings (SSSR count). The summed E-state index contributed by atoms with van der Waals surface area (Å²) in [5.74, 6) is 0. The predicted octanol–water partition coefficient (Wildman–Crippen LogP) is 2.00. The molecule has 14 heavy (non-hydrogen) atoms. The van der Waals surface area contributed by atoms with Crippen LogP contribution in [-0.2, 0) is 0 Å². The Bertz CT molecular complexity index is 167. The van der Waals surface area contributed by atoms with Crippen LogP contribution in [0.4, 0.5) is 0 Å². The normalized spacial score (nSPS) is 34.5. The third-order valence-corrected chi connectivity index (χ3v) is 4.00. The lowest BCUT2D eigenvalue weighted by Gasteiger charge is -2.37. The topological polar surface area (TPSA) is 15.3 Å². The summed E-state index contributed by atoms with van der Waals surface area (Å²) >= 11 is 0. The van der Waals surface area contributed by atoms with Gasteiger partial charge >= 0.3 is 0 Å². The Kier molecular flexibility index (Phi) is 3.45. The number of nitrogens with one attached hydrogen (secondary N) is 1. The van der Waals surface area contributed by atoms with Crippen molar-refractivity contribution >= 4 is 0 Å². The Morgan fingerprint density at radius 2 is 1.43 bits per heavy atom. The van der Waals surface area contributed by atoms with E-state index in [1.54, 1.807) is 0 Å². The quantitative estimate of drug-likeness (QED) is 0.743. The first-order valence-electron chi connectivity index (χ1n) is 6.18. The summed E-state index contributed by atoms with van der Waals surface area (Å²) in [7, 11) is 4.43. The van der Waals surface area contributed by atoms with Crippen molar-refractivity contribution in [2.45, 2.75) is 63.1 Å². The summed E-state index contributed by atoms with van der Waals surface area (Å²) in [6, 6.07) is 2.54. The first-order valence-corrected chi connectivity index (χ1v) is 6.18. The van der Waals surface area contributed by atoms with Gasteiger partial charge in [-0.05, 0) is 52.6 Å². The molecule has 0 atom stereocenters. The van der Waals surface area contributed by atoms with Crippen LogP contribution < -0.4 is 5.32 Å².